The van der Waals surface area contributed by atoms with Crippen LogP contribution < -0.4 is 0 Å². The van der Waals surface area contributed by atoms with Crippen molar-refractivity contribution in [1.29, 1.82) is 0 Å². The van der Waals surface area contributed by atoms with Gasteiger partial charge in [-0.15, -0.1) is 0 Å². The number of Topliss-reactive ketones (excluding diaryl/α,β-unsaturated/α-hetero) is 1. The van der Waals surface area contributed by atoms with Gasteiger partial charge in [-0.2, -0.15) is 0 Å². The second kappa shape index (κ2) is 2.14. The molecule has 0 radical (unpaired) electrons. The van der Waals surface area contributed by atoms with Crippen molar-refractivity contribution in [2.75, 3.05) is 0 Å². The second-order valence-corrected chi connectivity index (χ2v) is 4.70. The Bertz CT molecular complexity index is 297. The number of carbonyl (C=O) groups is 2. The summed E-state index contributed by atoms with van der Waals surface area (Å²) in [5, 5.41) is 9.18. The molecule has 2 rings (SSSR count). The SMILES string of the molecule is C[C@@]12CC[C@H](CC1=O)[C@@]2(C)C(=O)O. The number of hydrogen-bond acceptors (Lipinski definition) is 2. The third-order valence-corrected chi connectivity index (χ3v) is 4.45. The van der Waals surface area contributed by atoms with Crippen molar-refractivity contribution in [3.63, 3.8) is 0 Å². The first-order valence-electron chi connectivity index (χ1n) is 4.69. The first kappa shape index (κ1) is 8.73. The molecule has 72 valence electrons. The number of aliphatic carboxylic acids is 1. The van der Waals surface area contributed by atoms with Crippen molar-refractivity contribution in [3.05, 3.63) is 0 Å². The summed E-state index contributed by atoms with van der Waals surface area (Å²) in [6.07, 6.45) is 2.11. The fourth-order valence-corrected chi connectivity index (χ4v) is 3.06. The summed E-state index contributed by atoms with van der Waals surface area (Å²) in [5.41, 5.74) is -1.40. The Labute approximate surface area is 77.1 Å². The van der Waals surface area contributed by atoms with E-state index in [2.05, 4.69) is 0 Å². The molecule has 0 amide bonds. The van der Waals surface area contributed by atoms with E-state index in [-0.39, 0.29) is 11.7 Å². The van der Waals surface area contributed by atoms with Crippen LogP contribution in [0.2, 0.25) is 0 Å². The van der Waals surface area contributed by atoms with Crippen LogP contribution >= 0.6 is 0 Å². The van der Waals surface area contributed by atoms with Crippen molar-refractivity contribution >= 4 is 11.8 Å². The molecule has 0 heterocycles. The number of carbonyl (C=O) groups excluding carboxylic acids is 1. The minimum atomic E-state index is -0.802. The maximum Gasteiger partial charge on any atom is 0.310 e. The van der Waals surface area contributed by atoms with Gasteiger partial charge in [-0.1, -0.05) is 6.92 Å². The van der Waals surface area contributed by atoms with Crippen molar-refractivity contribution in [3.8, 4) is 0 Å². The Kier molecular flexibility index (Phi) is 1.44. The molecule has 2 saturated carbocycles. The lowest BCUT2D eigenvalue weighted by Crippen LogP contribution is -2.41. The van der Waals surface area contributed by atoms with Gasteiger partial charge in [0, 0.05) is 11.8 Å². The predicted molar refractivity (Wildman–Crippen MR) is 46.2 cm³/mol. The van der Waals surface area contributed by atoms with E-state index in [0.717, 1.165) is 12.8 Å². The molecule has 0 aromatic heterocycles. The number of fused-ring (bicyclic) bond motifs is 2. The van der Waals surface area contributed by atoms with Gasteiger partial charge in [0.1, 0.15) is 5.78 Å². The van der Waals surface area contributed by atoms with Crippen LogP contribution in [0.25, 0.3) is 0 Å². The molecule has 2 aliphatic carbocycles. The summed E-state index contributed by atoms with van der Waals surface area (Å²) in [4.78, 5) is 22.8. The van der Waals surface area contributed by atoms with E-state index in [9.17, 15) is 14.7 Å². The van der Waals surface area contributed by atoms with Gasteiger partial charge in [0.2, 0.25) is 0 Å². The largest absolute Gasteiger partial charge is 0.481 e. The zero-order chi connectivity index (χ0) is 9.85. The second-order valence-electron chi connectivity index (χ2n) is 4.70. The Morgan fingerprint density at radius 3 is 2.38 bits per heavy atom. The topological polar surface area (TPSA) is 54.4 Å². The van der Waals surface area contributed by atoms with E-state index in [0.29, 0.717) is 6.42 Å². The van der Waals surface area contributed by atoms with E-state index in [1.165, 1.54) is 0 Å². The molecule has 0 aromatic rings. The fourth-order valence-electron chi connectivity index (χ4n) is 3.06. The van der Waals surface area contributed by atoms with Gasteiger partial charge in [0.25, 0.3) is 0 Å². The summed E-state index contributed by atoms with van der Waals surface area (Å²) in [7, 11) is 0. The van der Waals surface area contributed by atoms with Gasteiger partial charge < -0.3 is 5.11 Å². The molecule has 0 saturated heterocycles. The fraction of sp³-hybridized carbons (Fsp3) is 0.800. The average Bonchev–Trinajstić information content (AvgIpc) is 2.40. The molecule has 2 aliphatic rings. The van der Waals surface area contributed by atoms with Gasteiger partial charge in [0.15, 0.2) is 0 Å². The van der Waals surface area contributed by atoms with Crippen molar-refractivity contribution in [1.82, 2.24) is 0 Å². The van der Waals surface area contributed by atoms with Crippen LogP contribution in [-0.4, -0.2) is 16.9 Å². The molecule has 3 heteroatoms. The van der Waals surface area contributed by atoms with Crippen LogP contribution in [-0.2, 0) is 9.59 Å². The zero-order valence-corrected chi connectivity index (χ0v) is 7.96. The maximum atomic E-state index is 11.6. The highest BCUT2D eigenvalue weighted by molar-refractivity contribution is 5.96. The Morgan fingerprint density at radius 2 is 2.15 bits per heavy atom. The normalized spacial score (nSPS) is 48.5. The van der Waals surface area contributed by atoms with E-state index in [1.54, 1.807) is 6.92 Å². The van der Waals surface area contributed by atoms with E-state index in [1.807, 2.05) is 6.92 Å². The highest BCUT2D eigenvalue weighted by Gasteiger charge is 2.67. The van der Waals surface area contributed by atoms with E-state index < -0.39 is 16.8 Å². The molecule has 0 unspecified atom stereocenters. The minimum absolute atomic E-state index is 0.0718. The number of rotatable bonds is 1. The number of ketones is 1. The lowest BCUT2D eigenvalue weighted by atomic mass is 9.69. The predicted octanol–water partition coefficient (Wildman–Crippen LogP) is 1.47. The summed E-state index contributed by atoms with van der Waals surface area (Å²) < 4.78 is 0. The van der Waals surface area contributed by atoms with E-state index in [4.69, 9.17) is 0 Å². The molecule has 2 bridgehead atoms. The molecule has 3 nitrogen and oxygen atoms in total. The molecule has 13 heavy (non-hydrogen) atoms. The summed E-state index contributed by atoms with van der Waals surface area (Å²) in [5.74, 6) is -0.584. The number of hydrogen-bond donors (Lipinski definition) is 1. The lowest BCUT2D eigenvalue weighted by molar-refractivity contribution is -0.156. The van der Waals surface area contributed by atoms with E-state index >= 15 is 0 Å². The first-order chi connectivity index (χ1) is 5.93. The molecule has 0 aromatic carbocycles. The van der Waals surface area contributed by atoms with Crippen molar-refractivity contribution < 1.29 is 14.7 Å². The summed E-state index contributed by atoms with van der Waals surface area (Å²) in [6.45, 7) is 3.55. The number of carboxylic acid groups (broad SMARTS) is 1. The molecular weight excluding hydrogens is 168 g/mol. The van der Waals surface area contributed by atoms with Gasteiger partial charge in [0.05, 0.1) is 5.41 Å². The van der Waals surface area contributed by atoms with Crippen LogP contribution in [0.15, 0.2) is 0 Å². The van der Waals surface area contributed by atoms with Gasteiger partial charge in [-0.25, -0.2) is 0 Å². The Hall–Kier alpha value is -0.860. The summed E-state index contributed by atoms with van der Waals surface area (Å²) >= 11 is 0. The standard InChI is InChI=1S/C10H14O3/c1-9-4-3-6(5-7(9)11)10(9,2)8(12)13/h6H,3-5H2,1-2H3,(H,12,13)/t6-,9-,10+/m1/s1. The smallest absolute Gasteiger partial charge is 0.310 e. The highest BCUT2D eigenvalue weighted by atomic mass is 16.4. The molecule has 3 atom stereocenters. The number of carboxylic acids is 1. The third-order valence-electron chi connectivity index (χ3n) is 4.45. The zero-order valence-electron chi connectivity index (χ0n) is 7.96. The van der Waals surface area contributed by atoms with Crippen LogP contribution in [0.3, 0.4) is 0 Å². The van der Waals surface area contributed by atoms with Gasteiger partial charge >= 0.3 is 5.97 Å². The molecule has 1 N–H and O–H groups in total. The van der Waals surface area contributed by atoms with Crippen molar-refractivity contribution in [2.45, 2.75) is 33.1 Å². The lowest BCUT2D eigenvalue weighted by Gasteiger charge is -2.31. The van der Waals surface area contributed by atoms with Crippen LogP contribution in [0.1, 0.15) is 33.1 Å². The Morgan fingerprint density at radius 1 is 1.54 bits per heavy atom. The molecular formula is C10H14O3. The van der Waals surface area contributed by atoms with Crippen molar-refractivity contribution in [2.24, 2.45) is 16.7 Å². The van der Waals surface area contributed by atoms with Crippen LogP contribution in [0.4, 0.5) is 0 Å². The van der Waals surface area contributed by atoms with Gasteiger partial charge in [-0.05, 0) is 25.7 Å². The molecule has 2 fully saturated rings. The minimum Gasteiger partial charge on any atom is -0.481 e. The maximum absolute atomic E-state index is 11.6. The third kappa shape index (κ3) is 0.713. The highest BCUT2D eigenvalue weighted by Crippen LogP contribution is 2.63. The molecule has 0 spiro atoms. The quantitative estimate of drug-likeness (QED) is 0.668. The monoisotopic (exact) mass is 182 g/mol. The Balaban J connectivity index is 2.53. The molecule has 0 aliphatic heterocycles. The van der Waals surface area contributed by atoms with Crippen LogP contribution in [0, 0.1) is 16.7 Å². The summed E-state index contributed by atoms with van der Waals surface area (Å²) in [6, 6.07) is 0. The van der Waals surface area contributed by atoms with Crippen LogP contribution in [0.5, 0.6) is 0 Å². The average molecular weight is 182 g/mol. The van der Waals surface area contributed by atoms with Gasteiger partial charge in [-0.3, -0.25) is 9.59 Å². The first-order valence-corrected chi connectivity index (χ1v) is 4.69.